The minimum Gasteiger partial charge on any atom is -0.468 e. The summed E-state index contributed by atoms with van der Waals surface area (Å²) < 4.78 is 24.3. The Balaban J connectivity index is 1.24. The van der Waals surface area contributed by atoms with Gasteiger partial charge in [0.1, 0.15) is 11.8 Å². The second-order valence-electron chi connectivity index (χ2n) is 9.99. The highest BCUT2D eigenvalue weighted by atomic mass is 16.7. The minimum absolute atomic E-state index is 0.0673. The number of fused-ring (bicyclic) bond motifs is 2. The molecule has 1 N–H and O–H groups in total. The lowest BCUT2D eigenvalue weighted by Gasteiger charge is -2.38. The molecule has 2 fully saturated rings. The van der Waals surface area contributed by atoms with E-state index in [2.05, 4.69) is 30.3 Å². The SMILES string of the molecule is O=c1[nH]c2cc3c(cc2cc1[C@H](c1nnnn1C[C@@H]1CCCO1)N1CCN(Cc2ccco2)CC1)OCO3. The molecule has 0 bridgehead atoms. The molecule has 12 heteroatoms. The number of aromatic amines is 1. The van der Waals surface area contributed by atoms with E-state index in [0.717, 1.165) is 63.3 Å². The number of furan rings is 1. The molecule has 3 aliphatic rings. The number of hydrogen-bond donors (Lipinski definition) is 1. The monoisotopic (exact) mass is 519 g/mol. The molecule has 0 saturated carbocycles. The molecule has 38 heavy (non-hydrogen) atoms. The lowest BCUT2D eigenvalue weighted by atomic mass is 10.0. The number of benzene rings is 1. The Hall–Kier alpha value is -3.74. The summed E-state index contributed by atoms with van der Waals surface area (Å²) in [4.78, 5) is 21.3. The van der Waals surface area contributed by atoms with Crippen molar-refractivity contribution < 1.29 is 18.6 Å². The van der Waals surface area contributed by atoms with Crippen molar-refractivity contribution in [2.75, 3.05) is 39.6 Å². The van der Waals surface area contributed by atoms with Crippen LogP contribution in [-0.4, -0.2) is 80.7 Å². The van der Waals surface area contributed by atoms with Gasteiger partial charge in [0.25, 0.3) is 5.56 Å². The van der Waals surface area contributed by atoms with E-state index in [-0.39, 0.29) is 18.5 Å². The Kier molecular flexibility index (Phi) is 6.06. The number of tetrazole rings is 1. The van der Waals surface area contributed by atoms with Crippen LogP contribution in [0.15, 0.2) is 45.8 Å². The fourth-order valence-electron chi connectivity index (χ4n) is 5.64. The quantitative estimate of drug-likeness (QED) is 0.387. The topological polar surface area (TPSA) is 124 Å². The number of aromatic nitrogens is 5. The fraction of sp³-hybridized carbons (Fsp3) is 0.462. The summed E-state index contributed by atoms with van der Waals surface area (Å²) in [7, 11) is 0. The van der Waals surface area contributed by atoms with Gasteiger partial charge in [0.15, 0.2) is 17.3 Å². The van der Waals surface area contributed by atoms with Crippen molar-refractivity contribution in [3.63, 3.8) is 0 Å². The van der Waals surface area contributed by atoms with Crippen LogP contribution < -0.4 is 15.0 Å². The molecule has 198 valence electrons. The Morgan fingerprint density at radius 2 is 1.97 bits per heavy atom. The molecule has 6 heterocycles. The summed E-state index contributed by atoms with van der Waals surface area (Å²) in [5.41, 5.74) is 1.12. The third-order valence-corrected chi connectivity index (χ3v) is 7.60. The first-order valence-corrected chi connectivity index (χ1v) is 13.0. The average Bonchev–Trinajstić information content (AvgIpc) is 3.74. The molecular formula is C26H29N7O5. The summed E-state index contributed by atoms with van der Waals surface area (Å²) in [5.74, 6) is 2.89. The van der Waals surface area contributed by atoms with Crippen molar-refractivity contribution in [2.24, 2.45) is 0 Å². The van der Waals surface area contributed by atoms with Gasteiger partial charge >= 0.3 is 0 Å². The molecule has 7 rings (SSSR count). The summed E-state index contributed by atoms with van der Waals surface area (Å²) in [6, 6.07) is 9.14. The van der Waals surface area contributed by atoms with E-state index in [4.69, 9.17) is 18.6 Å². The van der Waals surface area contributed by atoms with E-state index >= 15 is 0 Å². The van der Waals surface area contributed by atoms with E-state index in [1.54, 1.807) is 10.9 Å². The Morgan fingerprint density at radius 3 is 2.76 bits per heavy atom. The van der Waals surface area contributed by atoms with Crippen LogP contribution in [0.5, 0.6) is 11.5 Å². The normalized spacial score (nSPS) is 20.9. The third-order valence-electron chi connectivity index (χ3n) is 7.60. The van der Waals surface area contributed by atoms with Gasteiger partial charge in [-0.2, -0.15) is 0 Å². The molecule has 3 aromatic heterocycles. The van der Waals surface area contributed by atoms with Crippen LogP contribution in [0.3, 0.4) is 0 Å². The van der Waals surface area contributed by atoms with E-state index in [1.165, 1.54) is 0 Å². The highest BCUT2D eigenvalue weighted by molar-refractivity contribution is 5.83. The first kappa shape index (κ1) is 23.4. The van der Waals surface area contributed by atoms with Gasteiger partial charge in [-0.3, -0.25) is 14.6 Å². The zero-order chi connectivity index (χ0) is 25.5. The number of ether oxygens (including phenoxy) is 3. The van der Waals surface area contributed by atoms with Crippen molar-refractivity contribution in [3.8, 4) is 11.5 Å². The van der Waals surface area contributed by atoms with E-state index in [0.29, 0.717) is 34.9 Å². The summed E-state index contributed by atoms with van der Waals surface area (Å²) in [6.07, 6.45) is 3.77. The third kappa shape index (κ3) is 4.44. The first-order valence-electron chi connectivity index (χ1n) is 13.0. The number of H-pyrrole nitrogens is 1. The van der Waals surface area contributed by atoms with E-state index in [9.17, 15) is 4.79 Å². The van der Waals surface area contributed by atoms with Crippen LogP contribution in [-0.2, 0) is 17.8 Å². The summed E-state index contributed by atoms with van der Waals surface area (Å²) >= 11 is 0. The molecule has 3 aliphatic heterocycles. The van der Waals surface area contributed by atoms with Crippen molar-refractivity contribution in [3.05, 3.63) is 64.1 Å². The number of nitrogens with zero attached hydrogens (tertiary/aromatic N) is 6. The van der Waals surface area contributed by atoms with Crippen LogP contribution >= 0.6 is 0 Å². The highest BCUT2D eigenvalue weighted by Crippen LogP contribution is 2.36. The number of pyridine rings is 1. The maximum absolute atomic E-state index is 13.6. The van der Waals surface area contributed by atoms with Crippen LogP contribution in [0.1, 0.15) is 36.0 Å². The standard InChI is InChI=1S/C26H29N7O5/c34-26-20(11-17-12-22-23(38-16-37-22)13-21(17)27-26)24(25-28-29-30-33(25)15-19-4-2-10-36-19)32-7-5-31(6-8-32)14-18-3-1-9-35-18/h1,3,9,11-13,19,24H,2,4-8,10,14-16H2,(H,27,34)/t19-,24+/m0/s1. The van der Waals surface area contributed by atoms with Gasteiger partial charge in [-0.15, -0.1) is 5.10 Å². The molecule has 1 aromatic carbocycles. The van der Waals surface area contributed by atoms with Gasteiger partial charge in [-0.05, 0) is 47.5 Å². The van der Waals surface area contributed by atoms with Crippen LogP contribution in [0.4, 0.5) is 0 Å². The number of nitrogens with one attached hydrogen (secondary N) is 1. The number of piperazine rings is 1. The average molecular weight is 520 g/mol. The van der Waals surface area contributed by atoms with Crippen molar-refractivity contribution in [2.45, 2.75) is 38.1 Å². The summed E-state index contributed by atoms with van der Waals surface area (Å²) in [5, 5.41) is 13.6. The molecule has 2 atom stereocenters. The van der Waals surface area contributed by atoms with Crippen molar-refractivity contribution in [1.29, 1.82) is 0 Å². The highest BCUT2D eigenvalue weighted by Gasteiger charge is 2.34. The van der Waals surface area contributed by atoms with Gasteiger partial charge in [-0.1, -0.05) is 0 Å². The molecule has 0 aliphatic carbocycles. The van der Waals surface area contributed by atoms with E-state index in [1.807, 2.05) is 30.3 Å². The summed E-state index contributed by atoms with van der Waals surface area (Å²) in [6.45, 7) is 5.39. The smallest absolute Gasteiger partial charge is 0.253 e. The molecule has 12 nitrogen and oxygen atoms in total. The maximum Gasteiger partial charge on any atom is 0.253 e. The zero-order valence-corrected chi connectivity index (χ0v) is 20.9. The van der Waals surface area contributed by atoms with Crippen LogP contribution in [0.2, 0.25) is 0 Å². The largest absolute Gasteiger partial charge is 0.468 e. The number of rotatable bonds is 7. The second-order valence-corrected chi connectivity index (χ2v) is 9.99. The zero-order valence-electron chi connectivity index (χ0n) is 20.9. The molecule has 0 spiro atoms. The first-order chi connectivity index (χ1) is 18.7. The Morgan fingerprint density at radius 1 is 1.11 bits per heavy atom. The lowest BCUT2D eigenvalue weighted by Crippen LogP contribution is -2.48. The van der Waals surface area contributed by atoms with Gasteiger partial charge in [0.05, 0.1) is 31.0 Å². The van der Waals surface area contributed by atoms with Crippen molar-refractivity contribution >= 4 is 10.9 Å². The predicted octanol–water partition coefficient (Wildman–Crippen LogP) is 1.92. The Bertz CT molecular complexity index is 1470. The predicted molar refractivity (Wildman–Crippen MR) is 135 cm³/mol. The molecule has 4 aromatic rings. The van der Waals surface area contributed by atoms with Gasteiger partial charge in [0.2, 0.25) is 6.79 Å². The maximum atomic E-state index is 13.6. The van der Waals surface area contributed by atoms with E-state index < -0.39 is 6.04 Å². The lowest BCUT2D eigenvalue weighted by molar-refractivity contribution is 0.0825. The van der Waals surface area contributed by atoms with Crippen LogP contribution in [0, 0.1) is 0 Å². The van der Waals surface area contributed by atoms with Crippen LogP contribution in [0.25, 0.3) is 10.9 Å². The molecule has 0 unspecified atom stereocenters. The minimum atomic E-state index is -0.421. The second kappa shape index (κ2) is 9.86. The number of hydrogen-bond acceptors (Lipinski definition) is 10. The van der Waals surface area contributed by atoms with Gasteiger partial charge in [0, 0.05) is 49.8 Å². The van der Waals surface area contributed by atoms with Gasteiger partial charge in [-0.25, -0.2) is 4.68 Å². The molecule has 2 saturated heterocycles. The fourth-order valence-corrected chi connectivity index (χ4v) is 5.64. The Labute approximate surface area is 218 Å². The van der Waals surface area contributed by atoms with Gasteiger partial charge < -0.3 is 23.6 Å². The molecular weight excluding hydrogens is 490 g/mol. The van der Waals surface area contributed by atoms with Crippen molar-refractivity contribution in [1.82, 2.24) is 35.0 Å². The molecule has 0 amide bonds. The molecule has 0 radical (unpaired) electrons.